The zero-order valence-electron chi connectivity index (χ0n) is 14.7. The van der Waals surface area contributed by atoms with Crippen molar-refractivity contribution in [2.24, 2.45) is 0 Å². The summed E-state index contributed by atoms with van der Waals surface area (Å²) >= 11 is 6.01. The average molecular weight is 412 g/mol. The van der Waals surface area contributed by atoms with E-state index in [0.29, 0.717) is 22.0 Å². The molecule has 1 aromatic heterocycles. The fraction of sp³-hybridized carbons (Fsp3) is 0. The standard InChI is InChI=1S/C21H12ClF2N3O2/c22-19-16-9-11(5-7-14(16)21(29)27-26-19)20(28)25-18-4-2-1-3-13(18)15-10-12(23)6-8-17(15)24/h1-10H,(H,25,28)(H,27,29). The van der Waals surface area contributed by atoms with Crippen LogP contribution in [0.3, 0.4) is 0 Å². The van der Waals surface area contributed by atoms with Crippen LogP contribution in [0.25, 0.3) is 21.9 Å². The van der Waals surface area contributed by atoms with E-state index in [-0.39, 0.29) is 16.3 Å². The number of H-pyrrole nitrogens is 1. The van der Waals surface area contributed by atoms with E-state index in [1.165, 1.54) is 18.2 Å². The highest BCUT2D eigenvalue weighted by molar-refractivity contribution is 6.34. The molecule has 1 heterocycles. The van der Waals surface area contributed by atoms with Gasteiger partial charge in [-0.1, -0.05) is 29.8 Å². The third-order valence-corrected chi connectivity index (χ3v) is 4.69. The molecule has 0 aliphatic carbocycles. The van der Waals surface area contributed by atoms with Gasteiger partial charge in [-0.15, -0.1) is 0 Å². The second kappa shape index (κ2) is 7.44. The van der Waals surface area contributed by atoms with Gasteiger partial charge in [0.2, 0.25) is 0 Å². The van der Waals surface area contributed by atoms with Crippen molar-refractivity contribution in [3.8, 4) is 11.1 Å². The molecule has 4 aromatic rings. The van der Waals surface area contributed by atoms with E-state index in [0.717, 1.165) is 18.2 Å². The quantitative estimate of drug-likeness (QED) is 0.509. The molecule has 29 heavy (non-hydrogen) atoms. The molecule has 5 nitrogen and oxygen atoms in total. The number of carbonyl (C=O) groups is 1. The molecular weight excluding hydrogens is 400 g/mol. The minimum atomic E-state index is -0.615. The maximum atomic E-state index is 14.2. The van der Waals surface area contributed by atoms with Crippen LogP contribution in [0.1, 0.15) is 10.4 Å². The monoisotopic (exact) mass is 411 g/mol. The van der Waals surface area contributed by atoms with Crippen LogP contribution in [0, 0.1) is 11.6 Å². The van der Waals surface area contributed by atoms with Crippen molar-refractivity contribution in [3.05, 3.63) is 93.4 Å². The second-order valence-corrected chi connectivity index (χ2v) is 6.59. The van der Waals surface area contributed by atoms with Gasteiger partial charge in [-0.25, -0.2) is 13.9 Å². The van der Waals surface area contributed by atoms with Gasteiger partial charge < -0.3 is 5.32 Å². The number of fused-ring (bicyclic) bond motifs is 1. The van der Waals surface area contributed by atoms with Gasteiger partial charge in [-0.3, -0.25) is 9.59 Å². The largest absolute Gasteiger partial charge is 0.321 e. The van der Waals surface area contributed by atoms with Gasteiger partial charge in [0, 0.05) is 27.8 Å². The van der Waals surface area contributed by atoms with Gasteiger partial charge in [0.15, 0.2) is 5.15 Å². The van der Waals surface area contributed by atoms with Crippen LogP contribution in [0.5, 0.6) is 0 Å². The summed E-state index contributed by atoms with van der Waals surface area (Å²) < 4.78 is 27.8. The number of carbonyl (C=O) groups excluding carboxylic acids is 1. The summed E-state index contributed by atoms with van der Waals surface area (Å²) in [6.45, 7) is 0. The number of hydrogen-bond donors (Lipinski definition) is 2. The van der Waals surface area contributed by atoms with E-state index < -0.39 is 23.1 Å². The molecule has 2 N–H and O–H groups in total. The molecule has 0 saturated heterocycles. The molecule has 0 aliphatic heterocycles. The van der Waals surface area contributed by atoms with E-state index >= 15 is 0 Å². The number of nitrogens with one attached hydrogen (secondary N) is 2. The zero-order valence-corrected chi connectivity index (χ0v) is 15.4. The molecule has 0 saturated carbocycles. The van der Waals surface area contributed by atoms with Crippen molar-refractivity contribution in [3.63, 3.8) is 0 Å². The molecule has 8 heteroatoms. The smallest absolute Gasteiger partial charge is 0.272 e. The molecular formula is C21H12ClF2N3O2. The number of aromatic nitrogens is 2. The Morgan fingerprint density at radius 3 is 2.59 bits per heavy atom. The number of halogens is 3. The first-order valence-electron chi connectivity index (χ1n) is 8.48. The molecule has 4 rings (SSSR count). The van der Waals surface area contributed by atoms with Gasteiger partial charge in [-0.05, 0) is 42.5 Å². The number of nitrogens with zero attached hydrogens (tertiary/aromatic N) is 1. The van der Waals surface area contributed by atoms with E-state index in [4.69, 9.17) is 11.6 Å². The summed E-state index contributed by atoms with van der Waals surface area (Å²) in [5.74, 6) is -1.71. The van der Waals surface area contributed by atoms with Gasteiger partial charge in [0.05, 0.1) is 5.39 Å². The van der Waals surface area contributed by atoms with Crippen molar-refractivity contribution in [2.45, 2.75) is 0 Å². The maximum Gasteiger partial charge on any atom is 0.272 e. The fourth-order valence-corrected chi connectivity index (χ4v) is 3.20. The number of anilines is 1. The van der Waals surface area contributed by atoms with Crippen LogP contribution in [-0.4, -0.2) is 16.1 Å². The van der Waals surface area contributed by atoms with Crippen molar-refractivity contribution in [2.75, 3.05) is 5.32 Å². The Morgan fingerprint density at radius 2 is 1.76 bits per heavy atom. The Kier molecular flexibility index (Phi) is 4.82. The van der Waals surface area contributed by atoms with Gasteiger partial charge >= 0.3 is 0 Å². The lowest BCUT2D eigenvalue weighted by atomic mass is 10.0. The van der Waals surface area contributed by atoms with Crippen LogP contribution in [-0.2, 0) is 0 Å². The summed E-state index contributed by atoms with van der Waals surface area (Å²) in [6, 6.07) is 14.0. The van der Waals surface area contributed by atoms with Crippen LogP contribution in [0.2, 0.25) is 5.15 Å². The molecule has 3 aromatic carbocycles. The van der Waals surface area contributed by atoms with Crippen LogP contribution < -0.4 is 10.9 Å². The molecule has 0 fully saturated rings. The summed E-state index contributed by atoms with van der Waals surface area (Å²) in [5.41, 5.74) is 0.454. The lowest BCUT2D eigenvalue weighted by Gasteiger charge is -2.12. The molecule has 0 atom stereocenters. The van der Waals surface area contributed by atoms with Crippen molar-refractivity contribution < 1.29 is 13.6 Å². The van der Waals surface area contributed by atoms with Crippen LogP contribution >= 0.6 is 11.6 Å². The minimum absolute atomic E-state index is 0.0261. The first-order valence-corrected chi connectivity index (χ1v) is 8.85. The normalized spacial score (nSPS) is 10.9. The number of para-hydroxylation sites is 1. The Hall–Kier alpha value is -3.58. The Morgan fingerprint density at radius 1 is 0.966 bits per heavy atom. The minimum Gasteiger partial charge on any atom is -0.321 e. The van der Waals surface area contributed by atoms with E-state index in [2.05, 4.69) is 15.5 Å². The molecule has 0 spiro atoms. The number of amides is 1. The Balaban J connectivity index is 1.73. The van der Waals surface area contributed by atoms with E-state index in [1.807, 2.05) is 0 Å². The van der Waals surface area contributed by atoms with Gasteiger partial charge in [0.25, 0.3) is 11.5 Å². The summed E-state index contributed by atoms with van der Waals surface area (Å²) in [6.07, 6.45) is 0. The number of rotatable bonds is 3. The Bertz CT molecular complexity index is 1320. The van der Waals surface area contributed by atoms with Crippen LogP contribution in [0.15, 0.2) is 65.5 Å². The molecule has 144 valence electrons. The second-order valence-electron chi connectivity index (χ2n) is 6.23. The first-order chi connectivity index (χ1) is 13.9. The Labute approximate surface area is 168 Å². The first kappa shape index (κ1) is 18.8. The highest BCUT2D eigenvalue weighted by Crippen LogP contribution is 2.31. The van der Waals surface area contributed by atoms with Crippen molar-refractivity contribution in [1.29, 1.82) is 0 Å². The summed E-state index contributed by atoms with van der Waals surface area (Å²) in [7, 11) is 0. The molecule has 0 bridgehead atoms. The highest BCUT2D eigenvalue weighted by Gasteiger charge is 2.15. The SMILES string of the molecule is O=C(Nc1ccccc1-c1cc(F)ccc1F)c1ccc2c(=O)[nH]nc(Cl)c2c1. The zero-order chi connectivity index (χ0) is 20.5. The molecule has 0 radical (unpaired) electrons. The average Bonchev–Trinajstić information content (AvgIpc) is 2.73. The third kappa shape index (κ3) is 3.60. The van der Waals surface area contributed by atoms with Crippen molar-refractivity contribution >= 4 is 34.0 Å². The van der Waals surface area contributed by atoms with Gasteiger partial charge in [-0.2, -0.15) is 5.10 Å². The van der Waals surface area contributed by atoms with E-state index in [9.17, 15) is 18.4 Å². The summed E-state index contributed by atoms with van der Waals surface area (Å²) in [5, 5.41) is 9.31. The summed E-state index contributed by atoms with van der Waals surface area (Å²) in [4.78, 5) is 24.6. The topological polar surface area (TPSA) is 74.8 Å². The molecule has 1 amide bonds. The maximum absolute atomic E-state index is 14.2. The van der Waals surface area contributed by atoms with Crippen LogP contribution in [0.4, 0.5) is 14.5 Å². The fourth-order valence-electron chi connectivity index (χ4n) is 3.00. The van der Waals surface area contributed by atoms with Gasteiger partial charge in [0.1, 0.15) is 11.6 Å². The van der Waals surface area contributed by atoms with Crippen molar-refractivity contribution in [1.82, 2.24) is 10.2 Å². The highest BCUT2D eigenvalue weighted by atomic mass is 35.5. The number of hydrogen-bond acceptors (Lipinski definition) is 3. The predicted octanol–water partition coefficient (Wildman–Crippen LogP) is 4.77. The predicted molar refractivity (Wildman–Crippen MR) is 107 cm³/mol. The molecule has 0 aliphatic rings. The molecule has 0 unspecified atom stereocenters. The third-order valence-electron chi connectivity index (χ3n) is 4.40. The van der Waals surface area contributed by atoms with E-state index in [1.54, 1.807) is 24.3 Å². The lowest BCUT2D eigenvalue weighted by molar-refractivity contribution is 0.102. The number of benzene rings is 3. The number of aromatic amines is 1. The lowest BCUT2D eigenvalue weighted by Crippen LogP contribution is -2.14.